The Labute approximate surface area is 137 Å². The zero-order valence-electron chi connectivity index (χ0n) is 13.9. The molecule has 1 aliphatic heterocycles. The first-order valence-electron chi connectivity index (χ1n) is 8.04. The van der Waals surface area contributed by atoms with Gasteiger partial charge >= 0.3 is 0 Å². The average molecular weight is 320 g/mol. The monoisotopic (exact) mass is 320 g/mol. The molecule has 126 valence electrons. The van der Waals surface area contributed by atoms with E-state index in [1.54, 1.807) is 13.1 Å². The Morgan fingerprint density at radius 2 is 2.09 bits per heavy atom. The Morgan fingerprint density at radius 3 is 2.74 bits per heavy atom. The summed E-state index contributed by atoms with van der Waals surface area (Å²) in [6.07, 6.45) is 3.37. The van der Waals surface area contributed by atoms with Gasteiger partial charge in [-0.1, -0.05) is 12.1 Å². The van der Waals surface area contributed by atoms with Gasteiger partial charge in [-0.3, -0.25) is 9.79 Å². The summed E-state index contributed by atoms with van der Waals surface area (Å²) in [5, 5.41) is 3.09. The highest BCUT2D eigenvalue weighted by molar-refractivity contribution is 5.86. The third-order valence-electron chi connectivity index (χ3n) is 3.99. The van der Waals surface area contributed by atoms with Crippen molar-refractivity contribution in [2.24, 2.45) is 4.99 Å². The van der Waals surface area contributed by atoms with Crippen molar-refractivity contribution in [3.8, 4) is 0 Å². The number of guanidine groups is 1. The highest BCUT2D eigenvalue weighted by atomic mass is 19.1. The van der Waals surface area contributed by atoms with E-state index in [-0.39, 0.29) is 18.3 Å². The summed E-state index contributed by atoms with van der Waals surface area (Å²) >= 11 is 0. The van der Waals surface area contributed by atoms with E-state index in [1.807, 2.05) is 22.9 Å². The van der Waals surface area contributed by atoms with Gasteiger partial charge in [-0.2, -0.15) is 0 Å². The molecular formula is C17H25FN4O. The Kier molecular flexibility index (Phi) is 6.38. The van der Waals surface area contributed by atoms with Crippen LogP contribution in [0.2, 0.25) is 0 Å². The van der Waals surface area contributed by atoms with E-state index in [4.69, 9.17) is 0 Å². The van der Waals surface area contributed by atoms with Gasteiger partial charge in [0.1, 0.15) is 5.82 Å². The fourth-order valence-corrected chi connectivity index (χ4v) is 2.78. The second-order valence-electron chi connectivity index (χ2n) is 5.83. The SMILES string of the molecule is CN=C(NCC(=O)N1CCCCC1)N(C)Cc1cccc(F)c1. The number of nitrogens with zero attached hydrogens (tertiary/aromatic N) is 3. The molecular weight excluding hydrogens is 295 g/mol. The number of rotatable bonds is 4. The van der Waals surface area contributed by atoms with Crippen molar-refractivity contribution < 1.29 is 9.18 Å². The standard InChI is InChI=1S/C17H25FN4O/c1-19-17(20-12-16(23)22-9-4-3-5-10-22)21(2)13-14-7-6-8-15(18)11-14/h6-8,11H,3-5,9-10,12-13H2,1-2H3,(H,19,20). The molecule has 1 fully saturated rings. The molecule has 0 atom stereocenters. The third kappa shape index (κ3) is 5.23. The van der Waals surface area contributed by atoms with Crippen molar-refractivity contribution in [1.29, 1.82) is 0 Å². The number of benzene rings is 1. The van der Waals surface area contributed by atoms with E-state index >= 15 is 0 Å². The van der Waals surface area contributed by atoms with Crippen LogP contribution in [0, 0.1) is 5.82 Å². The van der Waals surface area contributed by atoms with Gasteiger partial charge in [-0.05, 0) is 37.0 Å². The largest absolute Gasteiger partial charge is 0.347 e. The molecule has 1 aliphatic rings. The molecule has 0 unspecified atom stereocenters. The number of aliphatic imine (C=N–C) groups is 1. The van der Waals surface area contributed by atoms with Gasteiger partial charge in [0, 0.05) is 33.7 Å². The van der Waals surface area contributed by atoms with E-state index in [2.05, 4.69) is 10.3 Å². The van der Waals surface area contributed by atoms with Crippen molar-refractivity contribution in [2.45, 2.75) is 25.8 Å². The maximum Gasteiger partial charge on any atom is 0.241 e. The lowest BCUT2D eigenvalue weighted by molar-refractivity contribution is -0.130. The van der Waals surface area contributed by atoms with Crippen molar-refractivity contribution in [1.82, 2.24) is 15.1 Å². The normalized spacial score (nSPS) is 15.4. The highest BCUT2D eigenvalue weighted by Gasteiger charge is 2.17. The summed E-state index contributed by atoms with van der Waals surface area (Å²) in [6, 6.07) is 6.48. The van der Waals surface area contributed by atoms with E-state index < -0.39 is 0 Å². The van der Waals surface area contributed by atoms with E-state index in [0.29, 0.717) is 12.5 Å². The van der Waals surface area contributed by atoms with Gasteiger partial charge in [-0.15, -0.1) is 0 Å². The smallest absolute Gasteiger partial charge is 0.241 e. The Morgan fingerprint density at radius 1 is 1.35 bits per heavy atom. The number of nitrogens with one attached hydrogen (secondary N) is 1. The van der Waals surface area contributed by atoms with Crippen LogP contribution >= 0.6 is 0 Å². The number of carbonyl (C=O) groups is 1. The number of likely N-dealkylation sites (tertiary alicyclic amines) is 1. The van der Waals surface area contributed by atoms with Gasteiger partial charge in [0.15, 0.2) is 5.96 Å². The summed E-state index contributed by atoms with van der Waals surface area (Å²) in [5.41, 5.74) is 0.859. The molecule has 1 saturated heterocycles. The first kappa shape index (κ1) is 17.2. The average Bonchev–Trinajstić information content (AvgIpc) is 2.56. The predicted octanol–water partition coefficient (Wildman–Crippen LogP) is 1.85. The highest BCUT2D eigenvalue weighted by Crippen LogP contribution is 2.09. The minimum Gasteiger partial charge on any atom is -0.347 e. The van der Waals surface area contributed by atoms with Crippen LogP contribution in [-0.2, 0) is 11.3 Å². The fourth-order valence-electron chi connectivity index (χ4n) is 2.78. The lowest BCUT2D eigenvalue weighted by atomic mass is 10.1. The Balaban J connectivity index is 1.85. The zero-order chi connectivity index (χ0) is 16.7. The first-order chi connectivity index (χ1) is 11.1. The van der Waals surface area contributed by atoms with Crippen LogP contribution in [0.25, 0.3) is 0 Å². The fraction of sp³-hybridized carbons (Fsp3) is 0.529. The van der Waals surface area contributed by atoms with Gasteiger partial charge in [0.05, 0.1) is 6.54 Å². The second kappa shape index (κ2) is 8.50. The lowest BCUT2D eigenvalue weighted by Crippen LogP contribution is -2.46. The summed E-state index contributed by atoms with van der Waals surface area (Å²) in [5.74, 6) is 0.476. The van der Waals surface area contributed by atoms with E-state index in [1.165, 1.54) is 18.6 Å². The molecule has 0 radical (unpaired) electrons. The van der Waals surface area contributed by atoms with Crippen LogP contribution < -0.4 is 5.32 Å². The van der Waals surface area contributed by atoms with Crippen molar-refractivity contribution in [3.63, 3.8) is 0 Å². The summed E-state index contributed by atoms with van der Waals surface area (Å²) < 4.78 is 13.2. The van der Waals surface area contributed by atoms with Crippen LogP contribution in [0.15, 0.2) is 29.3 Å². The molecule has 2 rings (SSSR count). The molecule has 0 aromatic heterocycles. The molecule has 6 heteroatoms. The van der Waals surface area contributed by atoms with Crippen molar-refractivity contribution in [3.05, 3.63) is 35.6 Å². The van der Waals surface area contributed by atoms with Crippen molar-refractivity contribution >= 4 is 11.9 Å². The quantitative estimate of drug-likeness (QED) is 0.680. The minimum absolute atomic E-state index is 0.102. The van der Waals surface area contributed by atoms with Gasteiger partial charge in [0.2, 0.25) is 5.91 Å². The number of halogens is 1. The molecule has 0 bridgehead atoms. The predicted molar refractivity (Wildman–Crippen MR) is 89.7 cm³/mol. The topological polar surface area (TPSA) is 47.9 Å². The molecule has 1 aromatic rings. The summed E-state index contributed by atoms with van der Waals surface area (Å²) in [4.78, 5) is 20.1. The molecule has 1 N–H and O–H groups in total. The van der Waals surface area contributed by atoms with Crippen molar-refractivity contribution in [2.75, 3.05) is 33.7 Å². The first-order valence-corrected chi connectivity index (χ1v) is 8.04. The Bertz CT molecular complexity index is 555. The number of amides is 1. The Hall–Kier alpha value is -2.11. The van der Waals surface area contributed by atoms with Crippen LogP contribution in [0.1, 0.15) is 24.8 Å². The number of hydrogen-bond acceptors (Lipinski definition) is 2. The molecule has 1 amide bonds. The maximum atomic E-state index is 13.2. The minimum atomic E-state index is -0.251. The van der Waals surface area contributed by atoms with E-state index in [0.717, 1.165) is 31.5 Å². The molecule has 1 aromatic carbocycles. The molecule has 5 nitrogen and oxygen atoms in total. The number of piperidine rings is 1. The van der Waals surface area contributed by atoms with E-state index in [9.17, 15) is 9.18 Å². The third-order valence-corrected chi connectivity index (χ3v) is 3.99. The maximum absolute atomic E-state index is 13.2. The summed E-state index contributed by atoms with van der Waals surface area (Å²) in [7, 11) is 3.54. The molecule has 23 heavy (non-hydrogen) atoms. The second-order valence-corrected chi connectivity index (χ2v) is 5.83. The number of carbonyl (C=O) groups excluding carboxylic acids is 1. The molecule has 0 aliphatic carbocycles. The number of hydrogen-bond donors (Lipinski definition) is 1. The zero-order valence-corrected chi connectivity index (χ0v) is 13.9. The van der Waals surface area contributed by atoms with Crippen LogP contribution in [0.5, 0.6) is 0 Å². The van der Waals surface area contributed by atoms with Gasteiger partial charge < -0.3 is 15.1 Å². The van der Waals surface area contributed by atoms with Crippen LogP contribution in [0.4, 0.5) is 4.39 Å². The molecule has 1 heterocycles. The van der Waals surface area contributed by atoms with Gasteiger partial charge in [0.25, 0.3) is 0 Å². The summed E-state index contributed by atoms with van der Waals surface area (Å²) in [6.45, 7) is 2.45. The van der Waals surface area contributed by atoms with Crippen LogP contribution in [-0.4, -0.2) is 55.4 Å². The van der Waals surface area contributed by atoms with Crippen LogP contribution in [0.3, 0.4) is 0 Å². The lowest BCUT2D eigenvalue weighted by Gasteiger charge is -2.28. The molecule has 0 spiro atoms. The molecule has 0 saturated carbocycles. The van der Waals surface area contributed by atoms with Gasteiger partial charge in [-0.25, -0.2) is 4.39 Å².